The lowest BCUT2D eigenvalue weighted by atomic mass is 10.0. The summed E-state index contributed by atoms with van der Waals surface area (Å²) in [5, 5.41) is 8.87. The van der Waals surface area contributed by atoms with Crippen LogP contribution in [0.4, 0.5) is 5.69 Å². The van der Waals surface area contributed by atoms with E-state index < -0.39 is 0 Å². The number of aryl methyl sites for hydroxylation is 1. The molecule has 0 saturated heterocycles. The lowest BCUT2D eigenvalue weighted by Crippen LogP contribution is -2.35. The number of benzene rings is 1. The maximum Gasteiger partial charge on any atom is 0.258 e. The molecule has 0 saturated carbocycles. The first-order chi connectivity index (χ1) is 9.79. The van der Waals surface area contributed by atoms with Crippen molar-refractivity contribution in [1.29, 1.82) is 5.26 Å². The van der Waals surface area contributed by atoms with Crippen LogP contribution in [-0.4, -0.2) is 17.4 Å². The topological polar surface area (TPSA) is 57.0 Å². The Balaban J connectivity index is 1.98. The predicted molar refractivity (Wildman–Crippen MR) is 75.4 cm³/mol. The van der Waals surface area contributed by atoms with Crippen LogP contribution in [0.3, 0.4) is 0 Å². The molecule has 0 radical (unpaired) electrons. The number of hydrogen-bond donors (Lipinski definition) is 0. The molecular formula is C16H13N3O. The number of rotatable bonds is 1. The van der Waals surface area contributed by atoms with E-state index in [-0.39, 0.29) is 11.6 Å². The van der Waals surface area contributed by atoms with Crippen LogP contribution in [0.15, 0.2) is 42.6 Å². The van der Waals surface area contributed by atoms with Crippen LogP contribution < -0.4 is 4.90 Å². The quantitative estimate of drug-likeness (QED) is 0.794. The number of nitrogens with zero attached hydrogens (tertiary/aromatic N) is 3. The number of nitriles is 1. The van der Waals surface area contributed by atoms with Gasteiger partial charge in [0, 0.05) is 24.0 Å². The van der Waals surface area contributed by atoms with E-state index in [9.17, 15) is 4.79 Å². The summed E-state index contributed by atoms with van der Waals surface area (Å²) < 4.78 is 0. The summed E-state index contributed by atoms with van der Waals surface area (Å²) in [5.41, 5.74) is 2.94. The number of para-hydroxylation sites is 1. The van der Waals surface area contributed by atoms with Crippen molar-refractivity contribution in [3.05, 3.63) is 59.4 Å². The maximum absolute atomic E-state index is 12.6. The molecule has 0 bridgehead atoms. The molecule has 98 valence electrons. The van der Waals surface area contributed by atoms with Gasteiger partial charge < -0.3 is 4.90 Å². The largest absolute Gasteiger partial charge is 0.308 e. The molecule has 1 aromatic heterocycles. The van der Waals surface area contributed by atoms with Crippen LogP contribution >= 0.6 is 0 Å². The van der Waals surface area contributed by atoms with Gasteiger partial charge in [0.05, 0.1) is 0 Å². The number of carbonyl (C=O) groups is 1. The molecule has 1 aliphatic rings. The summed E-state index contributed by atoms with van der Waals surface area (Å²) in [4.78, 5) is 18.3. The van der Waals surface area contributed by atoms with Crippen molar-refractivity contribution in [1.82, 2.24) is 4.98 Å². The number of aromatic nitrogens is 1. The minimum Gasteiger partial charge on any atom is -0.308 e. The summed E-state index contributed by atoms with van der Waals surface area (Å²) in [6, 6.07) is 13.1. The molecule has 0 unspecified atom stereocenters. The predicted octanol–water partition coefficient (Wildman–Crippen LogP) is 2.55. The van der Waals surface area contributed by atoms with Gasteiger partial charge in [-0.1, -0.05) is 18.2 Å². The van der Waals surface area contributed by atoms with Gasteiger partial charge in [-0.05, 0) is 36.6 Å². The molecule has 3 rings (SSSR count). The normalized spacial score (nSPS) is 13.4. The molecule has 0 aliphatic carbocycles. The van der Waals surface area contributed by atoms with Crippen LogP contribution in [0.2, 0.25) is 0 Å². The molecule has 20 heavy (non-hydrogen) atoms. The lowest BCUT2D eigenvalue weighted by Gasteiger charge is -2.29. The fourth-order valence-electron chi connectivity index (χ4n) is 2.53. The Hall–Kier alpha value is -2.67. The molecule has 2 heterocycles. The van der Waals surface area contributed by atoms with Gasteiger partial charge in [0.2, 0.25) is 0 Å². The fraction of sp³-hybridized carbons (Fsp3) is 0.188. The van der Waals surface area contributed by atoms with Crippen molar-refractivity contribution in [2.75, 3.05) is 11.4 Å². The first kappa shape index (κ1) is 12.4. The third kappa shape index (κ3) is 2.14. The van der Waals surface area contributed by atoms with Crippen LogP contribution in [0.5, 0.6) is 0 Å². The summed E-state index contributed by atoms with van der Waals surface area (Å²) in [6.45, 7) is 0.708. The number of hydrogen-bond acceptors (Lipinski definition) is 3. The van der Waals surface area contributed by atoms with Crippen molar-refractivity contribution in [3.8, 4) is 6.07 Å². The molecule has 4 heteroatoms. The van der Waals surface area contributed by atoms with E-state index in [0.717, 1.165) is 18.5 Å². The highest BCUT2D eigenvalue weighted by molar-refractivity contribution is 6.06. The molecule has 2 aromatic rings. The first-order valence-electron chi connectivity index (χ1n) is 6.55. The zero-order valence-electron chi connectivity index (χ0n) is 10.9. The average Bonchev–Trinajstić information content (AvgIpc) is 2.53. The Kier molecular flexibility index (Phi) is 3.18. The van der Waals surface area contributed by atoms with Gasteiger partial charge in [-0.25, -0.2) is 4.98 Å². The number of pyridine rings is 1. The highest BCUT2D eigenvalue weighted by atomic mass is 16.2. The summed E-state index contributed by atoms with van der Waals surface area (Å²) >= 11 is 0. The molecule has 1 aromatic carbocycles. The molecule has 0 spiro atoms. The van der Waals surface area contributed by atoms with E-state index in [1.54, 1.807) is 17.0 Å². The molecule has 0 atom stereocenters. The number of fused-ring (bicyclic) bond motifs is 1. The van der Waals surface area contributed by atoms with Gasteiger partial charge in [-0.15, -0.1) is 0 Å². The summed E-state index contributed by atoms with van der Waals surface area (Å²) in [7, 11) is 0. The van der Waals surface area contributed by atoms with E-state index in [1.165, 1.54) is 11.8 Å². The molecule has 0 fully saturated rings. The van der Waals surface area contributed by atoms with Crippen molar-refractivity contribution in [2.24, 2.45) is 0 Å². The van der Waals surface area contributed by atoms with Crippen LogP contribution in [-0.2, 0) is 6.42 Å². The first-order valence-corrected chi connectivity index (χ1v) is 6.55. The molecule has 1 amide bonds. The van der Waals surface area contributed by atoms with E-state index >= 15 is 0 Å². The molecule has 4 nitrogen and oxygen atoms in total. The minimum atomic E-state index is -0.0731. The second kappa shape index (κ2) is 5.14. The van der Waals surface area contributed by atoms with Gasteiger partial charge in [-0.3, -0.25) is 4.79 Å². The minimum absolute atomic E-state index is 0.0731. The Morgan fingerprint density at radius 3 is 3.00 bits per heavy atom. The van der Waals surface area contributed by atoms with E-state index in [1.807, 2.05) is 24.3 Å². The maximum atomic E-state index is 12.6. The van der Waals surface area contributed by atoms with Gasteiger partial charge in [0.1, 0.15) is 11.8 Å². The van der Waals surface area contributed by atoms with Gasteiger partial charge >= 0.3 is 0 Å². The van der Waals surface area contributed by atoms with Crippen LogP contribution in [0, 0.1) is 11.3 Å². The van der Waals surface area contributed by atoms with Crippen molar-refractivity contribution in [2.45, 2.75) is 12.8 Å². The highest BCUT2D eigenvalue weighted by Crippen LogP contribution is 2.28. The summed E-state index contributed by atoms with van der Waals surface area (Å²) in [5.74, 6) is -0.0731. The van der Waals surface area contributed by atoms with Crippen molar-refractivity contribution in [3.63, 3.8) is 0 Å². The molecule has 0 N–H and O–H groups in total. The van der Waals surface area contributed by atoms with E-state index in [2.05, 4.69) is 11.1 Å². The van der Waals surface area contributed by atoms with E-state index in [4.69, 9.17) is 5.26 Å². The van der Waals surface area contributed by atoms with Crippen LogP contribution in [0.1, 0.15) is 28.0 Å². The average molecular weight is 263 g/mol. The SMILES string of the molecule is N#Cc1cc(C(=O)N2CCCc3ccccc32)ccn1. The number of amides is 1. The number of carbonyl (C=O) groups excluding carboxylic acids is 1. The van der Waals surface area contributed by atoms with Gasteiger partial charge in [-0.2, -0.15) is 5.26 Å². The van der Waals surface area contributed by atoms with Gasteiger partial charge in [0.15, 0.2) is 0 Å². The third-order valence-electron chi connectivity index (χ3n) is 3.48. The smallest absolute Gasteiger partial charge is 0.258 e. The van der Waals surface area contributed by atoms with Crippen molar-refractivity contribution >= 4 is 11.6 Å². The Labute approximate surface area is 117 Å². The second-order valence-corrected chi connectivity index (χ2v) is 4.73. The fourth-order valence-corrected chi connectivity index (χ4v) is 2.53. The monoisotopic (exact) mass is 263 g/mol. The zero-order valence-corrected chi connectivity index (χ0v) is 10.9. The van der Waals surface area contributed by atoms with E-state index in [0.29, 0.717) is 12.1 Å². The summed E-state index contributed by atoms with van der Waals surface area (Å²) in [6.07, 6.45) is 3.46. The Bertz CT molecular complexity index is 703. The Morgan fingerprint density at radius 2 is 2.15 bits per heavy atom. The number of anilines is 1. The highest BCUT2D eigenvalue weighted by Gasteiger charge is 2.23. The lowest BCUT2D eigenvalue weighted by molar-refractivity contribution is 0.0985. The standard InChI is InChI=1S/C16H13N3O/c17-11-14-10-13(7-8-18-14)16(20)19-9-3-5-12-4-1-2-6-15(12)19/h1-2,4,6-8,10H,3,5,9H2. The van der Waals surface area contributed by atoms with Crippen molar-refractivity contribution < 1.29 is 4.79 Å². The zero-order chi connectivity index (χ0) is 13.9. The van der Waals surface area contributed by atoms with Crippen LogP contribution in [0.25, 0.3) is 0 Å². The Morgan fingerprint density at radius 1 is 1.30 bits per heavy atom. The third-order valence-corrected chi connectivity index (χ3v) is 3.48. The van der Waals surface area contributed by atoms with Gasteiger partial charge in [0.25, 0.3) is 5.91 Å². The second-order valence-electron chi connectivity index (χ2n) is 4.73. The molecule has 1 aliphatic heterocycles. The molecular weight excluding hydrogens is 250 g/mol.